The van der Waals surface area contributed by atoms with Crippen LogP contribution in [0, 0.1) is 11.8 Å². The van der Waals surface area contributed by atoms with E-state index < -0.39 is 15.6 Å². The van der Waals surface area contributed by atoms with Crippen LogP contribution in [0.15, 0.2) is 18.2 Å². The second-order valence-electron chi connectivity index (χ2n) is 9.23. The Balaban J connectivity index is 1.49. The number of halogens is 3. The summed E-state index contributed by atoms with van der Waals surface area (Å²) < 4.78 is 71.2. The van der Waals surface area contributed by atoms with Crippen molar-refractivity contribution in [1.82, 2.24) is 4.90 Å². The number of hydrogen-bond donors (Lipinski definition) is 0. The first-order valence-electron chi connectivity index (χ1n) is 10.7. The maximum atomic E-state index is 12.8. The number of benzene rings is 1. The van der Waals surface area contributed by atoms with Crippen LogP contribution in [-0.4, -0.2) is 51.2 Å². The van der Waals surface area contributed by atoms with Crippen LogP contribution in [0.3, 0.4) is 0 Å². The number of ether oxygens (including phenoxy) is 1. The van der Waals surface area contributed by atoms with E-state index in [0.717, 1.165) is 76.0 Å². The highest BCUT2D eigenvalue weighted by Crippen LogP contribution is 2.56. The van der Waals surface area contributed by atoms with Gasteiger partial charge in [-0.15, -0.1) is 0 Å². The number of fused-ring (bicyclic) bond motifs is 1. The van der Waals surface area contributed by atoms with Crippen molar-refractivity contribution in [2.45, 2.75) is 55.5 Å². The van der Waals surface area contributed by atoms with Gasteiger partial charge in [0.2, 0.25) is 0 Å². The number of likely N-dealkylation sites (tertiary alicyclic amines) is 1. The van der Waals surface area contributed by atoms with Gasteiger partial charge in [-0.1, -0.05) is 18.9 Å². The topological polar surface area (TPSA) is 55.8 Å². The van der Waals surface area contributed by atoms with Crippen molar-refractivity contribution in [2.24, 2.45) is 11.8 Å². The van der Waals surface area contributed by atoms with Crippen LogP contribution in [0.1, 0.15) is 43.2 Å². The Bertz CT molecular complexity index is 931. The van der Waals surface area contributed by atoms with Crippen molar-refractivity contribution in [3.8, 4) is 5.75 Å². The minimum Gasteiger partial charge on any atom is -0.381 e. The van der Waals surface area contributed by atoms with Gasteiger partial charge in [-0.3, -0.25) is 4.90 Å². The van der Waals surface area contributed by atoms with Crippen LogP contribution < -0.4 is 4.18 Å². The number of rotatable bonds is 4. The number of hydrogen-bond acceptors (Lipinski definition) is 5. The molecule has 1 saturated carbocycles. The summed E-state index contributed by atoms with van der Waals surface area (Å²) in [6, 6.07) is 5.13. The molecule has 5 nitrogen and oxygen atoms in total. The second-order valence-corrected chi connectivity index (χ2v) is 10.8. The fourth-order valence-electron chi connectivity index (χ4n) is 6.24. The molecule has 2 aliphatic heterocycles. The van der Waals surface area contributed by atoms with E-state index in [2.05, 4.69) is 9.08 Å². The number of nitrogens with zero attached hydrogens (tertiary/aromatic N) is 1. The SMILES string of the molecule is O=S(=O)(Oc1ccc2c(c1)[C@@]13CCCC[C@H]1[C@@H](C2)N(CC1COC1)CC3)C(F)(F)F. The van der Waals surface area contributed by atoms with Gasteiger partial charge in [-0.05, 0) is 61.4 Å². The van der Waals surface area contributed by atoms with Gasteiger partial charge >= 0.3 is 15.6 Å². The Morgan fingerprint density at radius 1 is 1.20 bits per heavy atom. The van der Waals surface area contributed by atoms with Crippen molar-refractivity contribution in [2.75, 3.05) is 26.3 Å². The van der Waals surface area contributed by atoms with E-state index in [-0.39, 0.29) is 11.2 Å². The Kier molecular flexibility index (Phi) is 4.87. The molecule has 5 rings (SSSR count). The summed E-state index contributed by atoms with van der Waals surface area (Å²) in [5.74, 6) is 0.797. The molecule has 3 fully saturated rings. The second kappa shape index (κ2) is 7.10. The molecule has 0 radical (unpaired) electrons. The van der Waals surface area contributed by atoms with Crippen molar-refractivity contribution < 1.29 is 30.5 Å². The Morgan fingerprint density at radius 2 is 2.00 bits per heavy atom. The number of alkyl halides is 3. The summed E-state index contributed by atoms with van der Waals surface area (Å²) in [5, 5.41) is 0. The maximum Gasteiger partial charge on any atom is 0.534 e. The monoisotopic (exact) mass is 445 g/mol. The third kappa shape index (κ3) is 3.24. The van der Waals surface area contributed by atoms with Crippen molar-refractivity contribution >= 4 is 10.1 Å². The highest BCUT2D eigenvalue weighted by molar-refractivity contribution is 7.88. The first-order valence-corrected chi connectivity index (χ1v) is 12.1. The quantitative estimate of drug-likeness (QED) is 0.524. The molecule has 0 amide bonds. The largest absolute Gasteiger partial charge is 0.534 e. The van der Waals surface area contributed by atoms with Gasteiger partial charge in [-0.25, -0.2) is 0 Å². The molecule has 1 aromatic rings. The van der Waals surface area contributed by atoms with Gasteiger partial charge in [0.1, 0.15) is 5.75 Å². The molecule has 0 N–H and O–H groups in total. The Labute approximate surface area is 174 Å². The predicted octanol–water partition coefficient (Wildman–Crippen LogP) is 3.62. The Hall–Kier alpha value is -1.32. The minimum atomic E-state index is -5.67. The fraction of sp³-hybridized carbons (Fsp3) is 0.714. The molecule has 2 saturated heterocycles. The first-order chi connectivity index (χ1) is 14.2. The minimum absolute atomic E-state index is 0.0928. The molecule has 166 valence electrons. The van der Waals surface area contributed by atoms with Crippen LogP contribution in [0.2, 0.25) is 0 Å². The third-order valence-corrected chi connectivity index (χ3v) is 8.59. The summed E-state index contributed by atoms with van der Waals surface area (Å²) in [6.45, 7) is 3.65. The van der Waals surface area contributed by atoms with Gasteiger partial charge in [0, 0.05) is 23.9 Å². The summed E-state index contributed by atoms with van der Waals surface area (Å²) in [4.78, 5) is 2.60. The van der Waals surface area contributed by atoms with Gasteiger partial charge in [0.05, 0.1) is 13.2 Å². The van der Waals surface area contributed by atoms with E-state index in [0.29, 0.717) is 17.9 Å². The van der Waals surface area contributed by atoms with Gasteiger partial charge in [0.15, 0.2) is 0 Å². The summed E-state index contributed by atoms with van der Waals surface area (Å²) in [5.41, 5.74) is -3.41. The van der Waals surface area contributed by atoms with E-state index in [1.54, 1.807) is 12.1 Å². The van der Waals surface area contributed by atoms with E-state index in [9.17, 15) is 21.6 Å². The molecule has 3 atom stereocenters. The van der Waals surface area contributed by atoms with Crippen LogP contribution in [0.4, 0.5) is 13.2 Å². The maximum absolute atomic E-state index is 12.8. The molecule has 9 heteroatoms. The van der Waals surface area contributed by atoms with Gasteiger partial charge < -0.3 is 8.92 Å². The first kappa shape index (κ1) is 20.6. The van der Waals surface area contributed by atoms with Crippen molar-refractivity contribution in [3.05, 3.63) is 29.3 Å². The molecule has 2 bridgehead atoms. The molecule has 2 aliphatic carbocycles. The molecular weight excluding hydrogens is 419 g/mol. The zero-order valence-corrected chi connectivity index (χ0v) is 17.5. The normalized spacial score (nSPS) is 32.1. The highest BCUT2D eigenvalue weighted by atomic mass is 32.2. The standard InChI is InChI=1S/C21H26F3NO4S/c22-21(23,24)30(26,27)29-16-5-4-15-9-19-17-3-1-2-6-20(17,18(15)10-16)7-8-25(19)11-14-12-28-13-14/h4-5,10,14,17,19H,1-3,6-9,11-13H2/t17-,19+,20+/m0/s1. The predicted molar refractivity (Wildman–Crippen MR) is 104 cm³/mol. The lowest BCUT2D eigenvalue weighted by Crippen LogP contribution is -2.62. The average Bonchev–Trinajstić information content (AvgIpc) is 2.65. The lowest BCUT2D eigenvalue weighted by Gasteiger charge is -2.59. The van der Waals surface area contributed by atoms with E-state index in [1.165, 1.54) is 6.07 Å². The van der Waals surface area contributed by atoms with Crippen LogP contribution >= 0.6 is 0 Å². The van der Waals surface area contributed by atoms with Crippen molar-refractivity contribution in [3.63, 3.8) is 0 Å². The lowest BCUT2D eigenvalue weighted by molar-refractivity contribution is -0.0773. The summed E-state index contributed by atoms with van der Waals surface area (Å²) in [6.07, 6.45) is 6.15. The molecule has 0 spiro atoms. The van der Waals surface area contributed by atoms with Crippen molar-refractivity contribution in [1.29, 1.82) is 0 Å². The summed E-state index contributed by atoms with van der Waals surface area (Å²) >= 11 is 0. The molecule has 2 heterocycles. The Morgan fingerprint density at radius 3 is 2.70 bits per heavy atom. The molecule has 0 aromatic heterocycles. The highest BCUT2D eigenvalue weighted by Gasteiger charge is 2.54. The smallest absolute Gasteiger partial charge is 0.381 e. The average molecular weight is 446 g/mol. The van der Waals surface area contributed by atoms with E-state index in [4.69, 9.17) is 4.74 Å². The molecule has 4 aliphatic rings. The number of piperidine rings is 1. The van der Waals surface area contributed by atoms with Crippen LogP contribution in [-0.2, 0) is 26.7 Å². The molecule has 1 aromatic carbocycles. The molecule has 0 unspecified atom stereocenters. The lowest BCUT2D eigenvalue weighted by atomic mass is 9.52. The van der Waals surface area contributed by atoms with Gasteiger partial charge in [0.25, 0.3) is 0 Å². The van der Waals surface area contributed by atoms with Crippen LogP contribution in [0.25, 0.3) is 0 Å². The molecule has 30 heavy (non-hydrogen) atoms. The van der Waals surface area contributed by atoms with E-state index in [1.807, 2.05) is 0 Å². The summed E-state index contributed by atoms with van der Waals surface area (Å²) in [7, 11) is -5.67. The zero-order valence-electron chi connectivity index (χ0n) is 16.7. The van der Waals surface area contributed by atoms with Gasteiger partial charge in [-0.2, -0.15) is 21.6 Å². The van der Waals surface area contributed by atoms with E-state index >= 15 is 0 Å². The fourth-order valence-corrected chi connectivity index (χ4v) is 6.69. The van der Waals surface area contributed by atoms with Crippen LogP contribution in [0.5, 0.6) is 5.75 Å². The zero-order chi connectivity index (χ0) is 21.1. The third-order valence-electron chi connectivity index (χ3n) is 7.61. The molecular formula is C21H26F3NO4S.